The highest BCUT2D eigenvalue weighted by atomic mass is 16.2. The maximum Gasteiger partial charge on any atom is 0.268 e. The minimum absolute atomic E-state index is 0.0585. The molecule has 116 valence electrons. The molecule has 0 fully saturated rings. The number of fused-ring (bicyclic) bond motifs is 1. The zero-order valence-corrected chi connectivity index (χ0v) is 12.5. The third-order valence-electron chi connectivity index (χ3n) is 3.77. The molecule has 3 heterocycles. The third kappa shape index (κ3) is 2.94. The summed E-state index contributed by atoms with van der Waals surface area (Å²) in [5.74, 6) is 0.551. The van der Waals surface area contributed by atoms with Crippen LogP contribution < -0.4 is 16.2 Å². The van der Waals surface area contributed by atoms with E-state index in [-0.39, 0.29) is 18.0 Å². The summed E-state index contributed by atoms with van der Waals surface area (Å²) in [7, 11) is 1.81. The van der Waals surface area contributed by atoms with Gasteiger partial charge >= 0.3 is 0 Å². The Bertz CT molecular complexity index is 747. The molecule has 2 aromatic heterocycles. The van der Waals surface area contributed by atoms with Crippen molar-refractivity contribution in [2.75, 3.05) is 6.54 Å². The van der Waals surface area contributed by atoms with E-state index < -0.39 is 0 Å². The molecule has 0 unspecified atom stereocenters. The molecule has 3 rings (SSSR count). The molecule has 0 saturated carbocycles. The fraction of sp³-hybridized carbons (Fsp3) is 0.400. The molecule has 0 radical (unpaired) electrons. The second-order valence-electron chi connectivity index (χ2n) is 5.37. The highest BCUT2D eigenvalue weighted by Crippen LogP contribution is 2.03. The van der Waals surface area contributed by atoms with Crippen molar-refractivity contribution in [2.24, 2.45) is 7.05 Å². The SMILES string of the molecule is Cn1cccc1C(=O)NCc1cc(=O)n2c(n1)CNCCC2. The topological polar surface area (TPSA) is 81.0 Å². The van der Waals surface area contributed by atoms with Crippen LogP contribution in [0, 0.1) is 0 Å². The summed E-state index contributed by atoms with van der Waals surface area (Å²) in [6, 6.07) is 5.06. The first kappa shape index (κ1) is 14.5. The number of hydrogen-bond acceptors (Lipinski definition) is 4. The molecule has 0 bridgehead atoms. The number of carbonyl (C=O) groups excluding carboxylic acids is 1. The van der Waals surface area contributed by atoms with E-state index in [1.165, 1.54) is 6.07 Å². The van der Waals surface area contributed by atoms with Crippen molar-refractivity contribution in [1.82, 2.24) is 24.8 Å². The molecule has 22 heavy (non-hydrogen) atoms. The lowest BCUT2D eigenvalue weighted by molar-refractivity contribution is 0.0942. The van der Waals surface area contributed by atoms with Gasteiger partial charge in [0.05, 0.1) is 18.8 Å². The number of hydrogen-bond donors (Lipinski definition) is 2. The smallest absolute Gasteiger partial charge is 0.268 e. The summed E-state index contributed by atoms with van der Waals surface area (Å²) < 4.78 is 3.45. The second kappa shape index (κ2) is 6.15. The second-order valence-corrected chi connectivity index (χ2v) is 5.37. The maximum atomic E-state index is 12.1. The van der Waals surface area contributed by atoms with E-state index in [1.54, 1.807) is 15.2 Å². The van der Waals surface area contributed by atoms with Crippen LogP contribution in [0.2, 0.25) is 0 Å². The Hall–Kier alpha value is -2.41. The van der Waals surface area contributed by atoms with Crippen LogP contribution in [0.15, 0.2) is 29.2 Å². The van der Waals surface area contributed by atoms with Gasteiger partial charge in [-0.2, -0.15) is 0 Å². The van der Waals surface area contributed by atoms with Gasteiger partial charge in [-0.1, -0.05) is 0 Å². The molecule has 1 amide bonds. The Morgan fingerprint density at radius 2 is 2.36 bits per heavy atom. The molecule has 2 N–H and O–H groups in total. The minimum atomic E-state index is -0.178. The zero-order valence-electron chi connectivity index (χ0n) is 12.5. The Kier molecular flexibility index (Phi) is 4.06. The van der Waals surface area contributed by atoms with Crippen molar-refractivity contribution < 1.29 is 4.79 Å². The number of rotatable bonds is 3. The number of carbonyl (C=O) groups is 1. The number of aromatic nitrogens is 3. The fourth-order valence-electron chi connectivity index (χ4n) is 2.59. The quantitative estimate of drug-likeness (QED) is 0.836. The molecule has 1 aliphatic rings. The van der Waals surface area contributed by atoms with Crippen molar-refractivity contribution in [3.63, 3.8) is 0 Å². The number of nitrogens with zero attached hydrogens (tertiary/aromatic N) is 3. The van der Waals surface area contributed by atoms with Crippen LogP contribution >= 0.6 is 0 Å². The fourth-order valence-corrected chi connectivity index (χ4v) is 2.59. The van der Waals surface area contributed by atoms with Crippen LogP contribution in [0.3, 0.4) is 0 Å². The van der Waals surface area contributed by atoms with E-state index >= 15 is 0 Å². The highest BCUT2D eigenvalue weighted by molar-refractivity contribution is 5.92. The predicted octanol–water partition coefficient (Wildman–Crippen LogP) is 0.00510. The van der Waals surface area contributed by atoms with Crippen LogP contribution in [0.1, 0.15) is 28.4 Å². The summed E-state index contributed by atoms with van der Waals surface area (Å²) >= 11 is 0. The molecule has 7 heteroatoms. The van der Waals surface area contributed by atoms with Crippen molar-refractivity contribution >= 4 is 5.91 Å². The number of amides is 1. The Balaban J connectivity index is 1.75. The van der Waals surface area contributed by atoms with Crippen molar-refractivity contribution in [3.8, 4) is 0 Å². The first-order chi connectivity index (χ1) is 10.6. The molecule has 0 aliphatic carbocycles. The van der Waals surface area contributed by atoms with Crippen LogP contribution in [0.25, 0.3) is 0 Å². The Labute approximate surface area is 128 Å². The monoisotopic (exact) mass is 301 g/mol. The van der Waals surface area contributed by atoms with Crippen molar-refractivity contribution in [2.45, 2.75) is 26.1 Å². The van der Waals surface area contributed by atoms with Gasteiger partial charge < -0.3 is 15.2 Å². The van der Waals surface area contributed by atoms with Gasteiger partial charge in [0, 0.05) is 25.9 Å². The van der Waals surface area contributed by atoms with E-state index in [9.17, 15) is 9.59 Å². The largest absolute Gasteiger partial charge is 0.347 e. The normalized spacial score (nSPS) is 14.2. The number of nitrogens with one attached hydrogen (secondary N) is 2. The zero-order chi connectivity index (χ0) is 15.5. The minimum Gasteiger partial charge on any atom is -0.347 e. The first-order valence-corrected chi connectivity index (χ1v) is 7.35. The van der Waals surface area contributed by atoms with E-state index in [1.807, 2.05) is 19.3 Å². The van der Waals surface area contributed by atoms with Gasteiger partial charge in [0.25, 0.3) is 11.5 Å². The van der Waals surface area contributed by atoms with E-state index in [4.69, 9.17) is 0 Å². The summed E-state index contributed by atoms with van der Waals surface area (Å²) in [5, 5.41) is 6.04. The molecule has 2 aromatic rings. The van der Waals surface area contributed by atoms with Gasteiger partial charge in [0.1, 0.15) is 11.5 Å². The van der Waals surface area contributed by atoms with E-state index in [2.05, 4.69) is 15.6 Å². The van der Waals surface area contributed by atoms with Crippen LogP contribution in [0.4, 0.5) is 0 Å². The number of aryl methyl sites for hydroxylation is 1. The summed E-state index contributed by atoms with van der Waals surface area (Å²) in [6.07, 6.45) is 2.73. The Morgan fingerprint density at radius 1 is 1.50 bits per heavy atom. The van der Waals surface area contributed by atoms with Gasteiger partial charge in [-0.3, -0.25) is 14.2 Å². The van der Waals surface area contributed by atoms with Crippen LogP contribution in [-0.2, 0) is 26.7 Å². The van der Waals surface area contributed by atoms with Gasteiger partial charge in [0.15, 0.2) is 0 Å². The molecule has 0 aromatic carbocycles. The van der Waals surface area contributed by atoms with Gasteiger partial charge in [-0.15, -0.1) is 0 Å². The lowest BCUT2D eigenvalue weighted by atomic mass is 10.3. The molecule has 0 spiro atoms. The summed E-state index contributed by atoms with van der Waals surface area (Å²) in [4.78, 5) is 28.7. The van der Waals surface area contributed by atoms with E-state index in [0.29, 0.717) is 24.5 Å². The predicted molar refractivity (Wildman–Crippen MR) is 81.4 cm³/mol. The highest BCUT2D eigenvalue weighted by Gasteiger charge is 2.13. The molecule has 7 nitrogen and oxygen atoms in total. The average Bonchev–Trinajstić information content (AvgIpc) is 2.78. The summed E-state index contributed by atoms with van der Waals surface area (Å²) in [6.45, 7) is 2.38. The molecular weight excluding hydrogens is 282 g/mol. The van der Waals surface area contributed by atoms with Crippen LogP contribution in [0.5, 0.6) is 0 Å². The molecule has 0 saturated heterocycles. The first-order valence-electron chi connectivity index (χ1n) is 7.35. The van der Waals surface area contributed by atoms with Crippen LogP contribution in [-0.4, -0.2) is 26.6 Å². The van der Waals surface area contributed by atoms with Gasteiger partial charge in [0.2, 0.25) is 0 Å². The average molecular weight is 301 g/mol. The Morgan fingerprint density at radius 3 is 3.14 bits per heavy atom. The van der Waals surface area contributed by atoms with Gasteiger partial charge in [-0.25, -0.2) is 4.98 Å². The molecule has 0 atom stereocenters. The molecule has 1 aliphatic heterocycles. The maximum absolute atomic E-state index is 12.1. The van der Waals surface area contributed by atoms with Crippen molar-refractivity contribution in [3.05, 3.63) is 52.0 Å². The third-order valence-corrected chi connectivity index (χ3v) is 3.77. The van der Waals surface area contributed by atoms with Gasteiger partial charge in [-0.05, 0) is 25.1 Å². The lowest BCUT2D eigenvalue weighted by Crippen LogP contribution is -2.29. The standard InChI is InChI=1S/C15H19N5O2/c1-19-6-2-4-12(19)15(22)17-9-11-8-14(21)20-7-3-5-16-10-13(20)18-11/h2,4,6,8,16H,3,5,7,9-10H2,1H3,(H,17,22). The molecular formula is C15H19N5O2. The van der Waals surface area contributed by atoms with Crippen molar-refractivity contribution in [1.29, 1.82) is 0 Å². The summed E-state index contributed by atoms with van der Waals surface area (Å²) in [5.41, 5.74) is 1.10. The van der Waals surface area contributed by atoms with E-state index in [0.717, 1.165) is 18.8 Å². The lowest BCUT2D eigenvalue weighted by Gasteiger charge is -2.11.